The minimum Gasteiger partial charge on any atom is -0.353 e. The Labute approximate surface area is 159 Å². The number of benzene rings is 2. The standard InChI is InChI=1S/C19H22FN3.HI/c1-13(14-8-4-3-5-9-14)22-19(21-2)23-18-12-16(18)15-10-6-7-11-17(15)20;/h3-11,13,16,18H,12H2,1-2H3,(H2,21,22,23);1H. The molecule has 0 saturated heterocycles. The van der Waals surface area contributed by atoms with Gasteiger partial charge < -0.3 is 10.6 Å². The molecule has 1 aliphatic carbocycles. The summed E-state index contributed by atoms with van der Waals surface area (Å²) in [5.74, 6) is 0.856. The Kier molecular flexibility index (Phi) is 6.60. The summed E-state index contributed by atoms with van der Waals surface area (Å²) in [6.45, 7) is 2.10. The number of halogens is 2. The third-order valence-corrected chi connectivity index (χ3v) is 4.29. The predicted octanol–water partition coefficient (Wildman–Crippen LogP) is 4.23. The van der Waals surface area contributed by atoms with E-state index < -0.39 is 0 Å². The van der Waals surface area contributed by atoms with Gasteiger partial charge in [0.2, 0.25) is 0 Å². The molecule has 2 aromatic rings. The first-order valence-corrected chi connectivity index (χ1v) is 7.98. The van der Waals surface area contributed by atoms with E-state index in [0.29, 0.717) is 0 Å². The highest BCUT2D eigenvalue weighted by molar-refractivity contribution is 14.0. The van der Waals surface area contributed by atoms with Gasteiger partial charge in [0, 0.05) is 19.0 Å². The Morgan fingerprint density at radius 3 is 2.46 bits per heavy atom. The topological polar surface area (TPSA) is 36.4 Å². The van der Waals surface area contributed by atoms with Crippen molar-refractivity contribution in [2.45, 2.75) is 31.3 Å². The van der Waals surface area contributed by atoms with Crippen LogP contribution >= 0.6 is 24.0 Å². The van der Waals surface area contributed by atoms with Gasteiger partial charge in [0.25, 0.3) is 0 Å². The second-order valence-corrected chi connectivity index (χ2v) is 5.96. The van der Waals surface area contributed by atoms with Gasteiger partial charge in [-0.2, -0.15) is 0 Å². The summed E-state index contributed by atoms with van der Waals surface area (Å²) >= 11 is 0. The first-order valence-electron chi connectivity index (χ1n) is 7.98. The average molecular weight is 439 g/mol. The minimum atomic E-state index is -0.123. The van der Waals surface area contributed by atoms with E-state index in [1.54, 1.807) is 13.1 Å². The molecule has 0 bridgehead atoms. The second kappa shape index (κ2) is 8.46. The lowest BCUT2D eigenvalue weighted by molar-refractivity contribution is 0.607. The van der Waals surface area contributed by atoms with Crippen LogP contribution in [0.25, 0.3) is 0 Å². The van der Waals surface area contributed by atoms with Crippen LogP contribution in [-0.2, 0) is 0 Å². The number of guanidine groups is 1. The maximum absolute atomic E-state index is 13.8. The van der Waals surface area contributed by atoms with Gasteiger partial charge >= 0.3 is 0 Å². The van der Waals surface area contributed by atoms with Crippen LogP contribution in [0.5, 0.6) is 0 Å². The fraction of sp³-hybridized carbons (Fsp3) is 0.316. The summed E-state index contributed by atoms with van der Waals surface area (Å²) in [4.78, 5) is 4.28. The molecule has 2 aromatic carbocycles. The summed E-state index contributed by atoms with van der Waals surface area (Å²) in [6.07, 6.45) is 0.932. The number of nitrogens with one attached hydrogen (secondary N) is 2. The zero-order valence-electron chi connectivity index (χ0n) is 13.9. The molecular formula is C19H23FIN3. The largest absolute Gasteiger partial charge is 0.353 e. The van der Waals surface area contributed by atoms with Crippen LogP contribution in [0.4, 0.5) is 4.39 Å². The molecule has 0 heterocycles. The Morgan fingerprint density at radius 2 is 1.79 bits per heavy atom. The Balaban J connectivity index is 0.00000208. The zero-order chi connectivity index (χ0) is 16.2. The van der Waals surface area contributed by atoms with Crippen molar-refractivity contribution in [2.75, 3.05) is 7.05 Å². The van der Waals surface area contributed by atoms with E-state index in [2.05, 4.69) is 34.7 Å². The van der Waals surface area contributed by atoms with Gasteiger partial charge in [0.05, 0.1) is 6.04 Å². The normalized spacial score (nSPS) is 20.7. The van der Waals surface area contributed by atoms with Crippen molar-refractivity contribution < 1.29 is 4.39 Å². The summed E-state index contributed by atoms with van der Waals surface area (Å²) in [7, 11) is 1.76. The van der Waals surface area contributed by atoms with Gasteiger partial charge in [-0.1, -0.05) is 48.5 Å². The van der Waals surface area contributed by atoms with Crippen LogP contribution in [0.15, 0.2) is 59.6 Å². The molecule has 0 spiro atoms. The average Bonchev–Trinajstić information content (AvgIpc) is 3.34. The van der Waals surface area contributed by atoms with E-state index in [1.807, 2.05) is 30.3 Å². The molecule has 1 fully saturated rings. The van der Waals surface area contributed by atoms with Crippen molar-refractivity contribution in [1.29, 1.82) is 0 Å². The monoisotopic (exact) mass is 439 g/mol. The van der Waals surface area contributed by atoms with Crippen LogP contribution in [0.3, 0.4) is 0 Å². The van der Waals surface area contributed by atoms with Gasteiger partial charge in [-0.15, -0.1) is 24.0 Å². The molecule has 2 N–H and O–H groups in total. The highest BCUT2D eigenvalue weighted by Crippen LogP contribution is 2.41. The Bertz CT molecular complexity index is 690. The molecule has 3 unspecified atom stereocenters. The summed E-state index contributed by atoms with van der Waals surface area (Å²) in [5.41, 5.74) is 1.99. The van der Waals surface area contributed by atoms with Gasteiger partial charge in [0.1, 0.15) is 5.82 Å². The highest BCUT2D eigenvalue weighted by atomic mass is 127. The quantitative estimate of drug-likeness (QED) is 0.425. The van der Waals surface area contributed by atoms with Gasteiger partial charge in [-0.25, -0.2) is 4.39 Å². The fourth-order valence-corrected chi connectivity index (χ4v) is 2.85. The second-order valence-electron chi connectivity index (χ2n) is 5.96. The fourth-order valence-electron chi connectivity index (χ4n) is 2.85. The molecule has 0 aliphatic heterocycles. The molecule has 3 nitrogen and oxygen atoms in total. The lowest BCUT2D eigenvalue weighted by Crippen LogP contribution is -2.40. The first kappa shape index (κ1) is 18.7. The Hall–Kier alpha value is -1.63. The van der Waals surface area contributed by atoms with Crippen LogP contribution in [0.2, 0.25) is 0 Å². The molecule has 24 heavy (non-hydrogen) atoms. The number of hydrogen-bond donors (Lipinski definition) is 2. The van der Waals surface area contributed by atoms with Crippen molar-refractivity contribution in [3.05, 3.63) is 71.5 Å². The zero-order valence-corrected chi connectivity index (χ0v) is 16.2. The Morgan fingerprint density at radius 1 is 1.12 bits per heavy atom. The molecule has 1 saturated carbocycles. The van der Waals surface area contributed by atoms with E-state index in [4.69, 9.17) is 0 Å². The first-order chi connectivity index (χ1) is 11.2. The molecular weight excluding hydrogens is 416 g/mol. The lowest BCUT2D eigenvalue weighted by Gasteiger charge is -2.18. The van der Waals surface area contributed by atoms with Crippen molar-refractivity contribution >= 4 is 29.9 Å². The van der Waals surface area contributed by atoms with E-state index in [9.17, 15) is 4.39 Å². The number of aliphatic imine (C=N–C) groups is 1. The lowest BCUT2D eigenvalue weighted by atomic mass is 10.1. The van der Waals surface area contributed by atoms with Gasteiger partial charge in [-0.3, -0.25) is 4.99 Å². The molecule has 0 aromatic heterocycles. The van der Waals surface area contributed by atoms with E-state index in [1.165, 1.54) is 11.6 Å². The van der Waals surface area contributed by atoms with Crippen LogP contribution in [-0.4, -0.2) is 19.0 Å². The third-order valence-electron chi connectivity index (χ3n) is 4.29. The molecule has 1 aliphatic rings. The molecule has 3 rings (SSSR count). The van der Waals surface area contributed by atoms with Crippen LogP contribution < -0.4 is 10.6 Å². The third kappa shape index (κ3) is 4.47. The van der Waals surface area contributed by atoms with E-state index in [0.717, 1.165) is 17.9 Å². The van der Waals surface area contributed by atoms with Gasteiger partial charge in [-0.05, 0) is 30.5 Å². The predicted molar refractivity (Wildman–Crippen MR) is 107 cm³/mol. The SMILES string of the molecule is CN=C(NC(C)c1ccccc1)NC1CC1c1ccccc1F.I. The van der Waals surface area contributed by atoms with Crippen molar-refractivity contribution in [3.63, 3.8) is 0 Å². The molecule has 0 radical (unpaired) electrons. The van der Waals surface area contributed by atoms with Crippen LogP contribution in [0.1, 0.15) is 36.4 Å². The van der Waals surface area contributed by atoms with E-state index in [-0.39, 0.29) is 47.8 Å². The number of nitrogens with zero attached hydrogens (tertiary/aromatic N) is 1. The molecule has 128 valence electrons. The number of rotatable bonds is 4. The maximum Gasteiger partial charge on any atom is 0.191 e. The van der Waals surface area contributed by atoms with Crippen LogP contribution in [0, 0.1) is 5.82 Å². The molecule has 3 atom stereocenters. The molecule has 0 amide bonds. The number of hydrogen-bond acceptors (Lipinski definition) is 1. The molecule has 5 heteroatoms. The van der Waals surface area contributed by atoms with Crippen molar-refractivity contribution in [2.24, 2.45) is 4.99 Å². The minimum absolute atomic E-state index is 0. The highest BCUT2D eigenvalue weighted by Gasteiger charge is 2.40. The smallest absolute Gasteiger partial charge is 0.191 e. The maximum atomic E-state index is 13.8. The summed E-state index contributed by atoms with van der Waals surface area (Å²) < 4.78 is 13.8. The van der Waals surface area contributed by atoms with Crippen molar-refractivity contribution in [3.8, 4) is 0 Å². The van der Waals surface area contributed by atoms with E-state index >= 15 is 0 Å². The van der Waals surface area contributed by atoms with Crippen molar-refractivity contribution in [1.82, 2.24) is 10.6 Å². The summed E-state index contributed by atoms with van der Waals surface area (Å²) in [6, 6.07) is 17.6. The van der Waals surface area contributed by atoms with Gasteiger partial charge in [0.15, 0.2) is 5.96 Å². The summed E-state index contributed by atoms with van der Waals surface area (Å²) in [5, 5.41) is 6.78.